The number of rotatable bonds is 5. The molecule has 2 aliphatic heterocycles. The number of fused-ring (bicyclic) bond motifs is 1. The second kappa shape index (κ2) is 8.40. The highest BCUT2D eigenvalue weighted by Gasteiger charge is 2.18. The van der Waals surface area contributed by atoms with Crippen molar-refractivity contribution in [3.05, 3.63) is 63.6 Å². The number of H-pyrrole nitrogens is 1. The summed E-state index contributed by atoms with van der Waals surface area (Å²) >= 11 is 1.62. The average Bonchev–Trinajstić information content (AvgIpc) is 2.69. The van der Waals surface area contributed by atoms with E-state index in [2.05, 4.69) is 21.4 Å². The Balaban J connectivity index is 1.33. The lowest BCUT2D eigenvalue weighted by Crippen LogP contribution is -2.33. The van der Waals surface area contributed by atoms with Crippen molar-refractivity contribution >= 4 is 17.3 Å². The molecule has 1 atom stereocenters. The van der Waals surface area contributed by atoms with Crippen LogP contribution in [0, 0.1) is 5.82 Å². The molecule has 2 aliphatic rings. The maximum atomic E-state index is 13.1. The van der Waals surface area contributed by atoms with Crippen LogP contribution in [0.1, 0.15) is 42.8 Å². The molecule has 0 saturated heterocycles. The average molecular weight is 386 g/mol. The van der Waals surface area contributed by atoms with Crippen LogP contribution in [-0.4, -0.2) is 28.3 Å². The number of hydrogen-bond acceptors (Lipinski definition) is 4. The summed E-state index contributed by atoms with van der Waals surface area (Å²) in [5.74, 6) is 1.62. The first kappa shape index (κ1) is 18.4. The Bertz CT molecular complexity index is 891. The Hall–Kier alpha value is -1.92. The largest absolute Gasteiger partial charge is 0.310 e. The van der Waals surface area contributed by atoms with Gasteiger partial charge in [0.05, 0.1) is 10.6 Å². The standard InChI is InChI=1S/C21H24FN3OS/c22-16-8-6-14(7-9-16)15-10-11-23-17(13-15)3-1-5-19-24-18-4-2-12-27-20(18)21(26)25-19/h6-10,17,23H,1-5,11-13H2,(H,24,25,26). The molecule has 142 valence electrons. The minimum absolute atomic E-state index is 0.0250. The van der Waals surface area contributed by atoms with Gasteiger partial charge in [-0.1, -0.05) is 18.2 Å². The lowest BCUT2D eigenvalue weighted by Gasteiger charge is -2.24. The van der Waals surface area contributed by atoms with Gasteiger partial charge in [0.15, 0.2) is 0 Å². The van der Waals surface area contributed by atoms with Crippen molar-refractivity contribution in [1.29, 1.82) is 0 Å². The molecule has 4 nitrogen and oxygen atoms in total. The fourth-order valence-corrected chi connectivity index (χ4v) is 4.79. The summed E-state index contributed by atoms with van der Waals surface area (Å²) in [6.07, 6.45) is 7.92. The molecule has 0 amide bonds. The molecule has 3 heterocycles. The number of benzene rings is 1. The molecule has 0 fully saturated rings. The molecule has 0 spiro atoms. The van der Waals surface area contributed by atoms with Gasteiger partial charge >= 0.3 is 0 Å². The van der Waals surface area contributed by atoms with Gasteiger partial charge in [0.2, 0.25) is 0 Å². The molecule has 2 N–H and O–H groups in total. The van der Waals surface area contributed by atoms with Gasteiger partial charge in [-0.15, -0.1) is 11.8 Å². The van der Waals surface area contributed by atoms with Crippen LogP contribution < -0.4 is 10.9 Å². The number of aromatic nitrogens is 2. The molecule has 0 radical (unpaired) electrons. The van der Waals surface area contributed by atoms with Crippen LogP contribution >= 0.6 is 11.8 Å². The third kappa shape index (κ3) is 4.50. The molecule has 1 unspecified atom stereocenters. The summed E-state index contributed by atoms with van der Waals surface area (Å²) < 4.78 is 13.1. The number of hydrogen-bond donors (Lipinski definition) is 2. The lowest BCUT2D eigenvalue weighted by molar-refractivity contribution is 0.482. The van der Waals surface area contributed by atoms with Crippen LogP contribution in [0.15, 0.2) is 40.0 Å². The lowest BCUT2D eigenvalue weighted by atomic mass is 9.93. The van der Waals surface area contributed by atoms with Crippen LogP contribution in [0.4, 0.5) is 4.39 Å². The molecular weight excluding hydrogens is 361 g/mol. The number of aromatic amines is 1. The molecule has 0 bridgehead atoms. The number of nitrogens with one attached hydrogen (secondary N) is 2. The minimum Gasteiger partial charge on any atom is -0.310 e. The van der Waals surface area contributed by atoms with Crippen molar-refractivity contribution in [3.63, 3.8) is 0 Å². The summed E-state index contributed by atoms with van der Waals surface area (Å²) in [5, 5.41) is 3.53. The van der Waals surface area contributed by atoms with E-state index in [-0.39, 0.29) is 11.4 Å². The molecule has 2 aromatic rings. The molecule has 0 saturated carbocycles. The van der Waals surface area contributed by atoms with Crippen LogP contribution in [-0.2, 0) is 12.8 Å². The normalized spacial score (nSPS) is 19.4. The number of aryl methyl sites for hydroxylation is 2. The van der Waals surface area contributed by atoms with Crippen molar-refractivity contribution in [2.45, 2.75) is 49.5 Å². The number of nitrogens with zero attached hydrogens (tertiary/aromatic N) is 1. The summed E-state index contributed by atoms with van der Waals surface area (Å²) in [4.78, 5) is 20.7. The molecule has 4 rings (SSSR count). The van der Waals surface area contributed by atoms with Gasteiger partial charge in [0.1, 0.15) is 11.6 Å². The first-order valence-corrected chi connectivity index (χ1v) is 10.6. The second-order valence-corrected chi connectivity index (χ2v) is 8.28. The highest BCUT2D eigenvalue weighted by atomic mass is 32.2. The summed E-state index contributed by atoms with van der Waals surface area (Å²) in [5.41, 5.74) is 3.37. The summed E-state index contributed by atoms with van der Waals surface area (Å²) in [7, 11) is 0. The minimum atomic E-state index is -0.199. The topological polar surface area (TPSA) is 57.8 Å². The molecule has 27 heavy (non-hydrogen) atoms. The van der Waals surface area contributed by atoms with Crippen LogP contribution in [0.3, 0.4) is 0 Å². The molecule has 1 aromatic heterocycles. The van der Waals surface area contributed by atoms with Gasteiger partial charge < -0.3 is 10.3 Å². The van der Waals surface area contributed by atoms with Gasteiger partial charge in [0, 0.05) is 19.0 Å². The Kier molecular flexibility index (Phi) is 5.74. The van der Waals surface area contributed by atoms with Gasteiger partial charge in [-0.05, 0) is 61.1 Å². The monoisotopic (exact) mass is 385 g/mol. The van der Waals surface area contributed by atoms with Crippen molar-refractivity contribution in [2.75, 3.05) is 12.3 Å². The highest BCUT2D eigenvalue weighted by Crippen LogP contribution is 2.26. The van der Waals surface area contributed by atoms with E-state index in [0.717, 1.165) is 72.8 Å². The van der Waals surface area contributed by atoms with E-state index in [1.807, 2.05) is 12.1 Å². The highest BCUT2D eigenvalue weighted by molar-refractivity contribution is 7.99. The van der Waals surface area contributed by atoms with Crippen molar-refractivity contribution in [1.82, 2.24) is 15.3 Å². The molecular formula is C21H24FN3OS. The predicted octanol–water partition coefficient (Wildman–Crippen LogP) is 3.72. The van der Waals surface area contributed by atoms with E-state index in [1.54, 1.807) is 11.8 Å². The predicted molar refractivity (Wildman–Crippen MR) is 108 cm³/mol. The van der Waals surface area contributed by atoms with E-state index < -0.39 is 0 Å². The third-order valence-corrected chi connectivity index (χ3v) is 6.41. The Labute approximate surface area is 162 Å². The Morgan fingerprint density at radius 3 is 2.96 bits per heavy atom. The van der Waals surface area contributed by atoms with Crippen molar-refractivity contribution < 1.29 is 4.39 Å². The van der Waals surface area contributed by atoms with Gasteiger partial charge in [0.25, 0.3) is 5.56 Å². The quantitative estimate of drug-likeness (QED) is 0.824. The maximum absolute atomic E-state index is 13.1. The van der Waals surface area contributed by atoms with Gasteiger partial charge in [-0.2, -0.15) is 0 Å². The van der Waals surface area contributed by atoms with Crippen LogP contribution in [0.25, 0.3) is 5.57 Å². The summed E-state index contributed by atoms with van der Waals surface area (Å²) in [6.45, 7) is 0.836. The van der Waals surface area contributed by atoms with E-state index >= 15 is 0 Å². The van der Waals surface area contributed by atoms with Crippen LogP contribution in [0.2, 0.25) is 0 Å². The van der Waals surface area contributed by atoms with E-state index in [0.29, 0.717) is 6.04 Å². The molecule has 6 heteroatoms. The van der Waals surface area contributed by atoms with E-state index in [4.69, 9.17) is 0 Å². The zero-order chi connectivity index (χ0) is 18.6. The smallest absolute Gasteiger partial charge is 0.264 e. The zero-order valence-corrected chi connectivity index (χ0v) is 16.1. The first-order valence-electron chi connectivity index (χ1n) is 9.62. The number of halogens is 1. The van der Waals surface area contributed by atoms with Gasteiger partial charge in [-0.25, -0.2) is 9.37 Å². The SMILES string of the molecule is O=c1[nH]c(CCCC2CC(c3ccc(F)cc3)=CCN2)nc2c1SCCC2. The van der Waals surface area contributed by atoms with E-state index in [1.165, 1.54) is 17.7 Å². The summed E-state index contributed by atoms with van der Waals surface area (Å²) in [6, 6.07) is 7.13. The van der Waals surface area contributed by atoms with E-state index in [9.17, 15) is 9.18 Å². The Morgan fingerprint density at radius 1 is 1.26 bits per heavy atom. The molecule has 0 aliphatic carbocycles. The van der Waals surface area contributed by atoms with Crippen molar-refractivity contribution in [3.8, 4) is 0 Å². The zero-order valence-electron chi connectivity index (χ0n) is 15.3. The van der Waals surface area contributed by atoms with Crippen LogP contribution in [0.5, 0.6) is 0 Å². The first-order chi connectivity index (χ1) is 13.2. The molecule has 1 aromatic carbocycles. The fourth-order valence-electron chi connectivity index (χ4n) is 3.80. The Morgan fingerprint density at radius 2 is 2.11 bits per heavy atom. The second-order valence-electron chi connectivity index (χ2n) is 7.18. The third-order valence-electron chi connectivity index (χ3n) is 5.20. The van der Waals surface area contributed by atoms with Crippen molar-refractivity contribution in [2.24, 2.45) is 0 Å². The fraction of sp³-hybridized carbons (Fsp3) is 0.429. The number of thioether (sulfide) groups is 1. The van der Waals surface area contributed by atoms with Gasteiger partial charge in [-0.3, -0.25) is 4.79 Å². The maximum Gasteiger partial charge on any atom is 0.264 e.